The first-order valence-electron chi connectivity index (χ1n) is 14.7. The van der Waals surface area contributed by atoms with Crippen LogP contribution in [0.1, 0.15) is 56.4 Å². The zero-order valence-corrected chi connectivity index (χ0v) is 24.1. The minimum absolute atomic E-state index is 0.00844. The van der Waals surface area contributed by atoms with Gasteiger partial charge in [0.2, 0.25) is 5.88 Å². The smallest absolute Gasteiger partial charge is 0.319 e. The Bertz CT molecular complexity index is 1620. The molecule has 2 aliphatic carbocycles. The second-order valence-corrected chi connectivity index (χ2v) is 13.2. The second-order valence-electron chi connectivity index (χ2n) is 12.8. The summed E-state index contributed by atoms with van der Waals surface area (Å²) in [7, 11) is 1.81. The Morgan fingerprint density at radius 1 is 1.14 bits per heavy atom. The van der Waals surface area contributed by atoms with E-state index in [2.05, 4.69) is 14.9 Å². The van der Waals surface area contributed by atoms with E-state index >= 15 is 4.39 Å². The molecule has 3 aromatic rings. The maximum Gasteiger partial charge on any atom is 0.319 e. The number of hydrogen-bond donors (Lipinski definition) is 1. The summed E-state index contributed by atoms with van der Waals surface area (Å²) in [6.45, 7) is 1.56. The number of aromatic nitrogens is 3. The fraction of sp³-hybridized carbons (Fsp3) is 0.567. The van der Waals surface area contributed by atoms with E-state index in [1.54, 1.807) is 12.1 Å². The molecule has 5 aliphatic rings. The van der Waals surface area contributed by atoms with Gasteiger partial charge in [-0.25, -0.2) is 18.2 Å². The maximum atomic E-state index is 16.7. The van der Waals surface area contributed by atoms with Gasteiger partial charge in [0.05, 0.1) is 11.1 Å². The van der Waals surface area contributed by atoms with Crippen molar-refractivity contribution in [3.8, 4) is 23.1 Å². The van der Waals surface area contributed by atoms with Gasteiger partial charge in [-0.15, -0.1) is 0 Å². The van der Waals surface area contributed by atoms with Crippen LogP contribution in [0.2, 0.25) is 5.02 Å². The van der Waals surface area contributed by atoms with E-state index in [9.17, 15) is 8.78 Å². The van der Waals surface area contributed by atoms with E-state index in [0.29, 0.717) is 40.4 Å². The van der Waals surface area contributed by atoms with Crippen LogP contribution >= 0.6 is 11.6 Å². The number of halogens is 4. The Morgan fingerprint density at radius 2 is 1.95 bits per heavy atom. The van der Waals surface area contributed by atoms with Crippen LogP contribution in [-0.2, 0) is 0 Å². The number of alkyl halides is 2. The van der Waals surface area contributed by atoms with E-state index in [1.807, 2.05) is 11.9 Å². The van der Waals surface area contributed by atoms with Crippen LogP contribution in [0.25, 0.3) is 22.2 Å². The van der Waals surface area contributed by atoms with Crippen molar-refractivity contribution >= 4 is 34.0 Å². The third-order valence-corrected chi connectivity index (χ3v) is 10.4. The Hall–Kier alpha value is -3.05. The van der Waals surface area contributed by atoms with Gasteiger partial charge in [-0.3, -0.25) is 4.90 Å². The van der Waals surface area contributed by atoms with Gasteiger partial charge < -0.3 is 20.1 Å². The number of fused-ring (bicyclic) bond motifs is 1. The molecule has 5 heterocycles. The molecule has 2 saturated carbocycles. The summed E-state index contributed by atoms with van der Waals surface area (Å²) in [6.07, 6.45) is 2.67. The minimum atomic E-state index is -0.968. The van der Waals surface area contributed by atoms with Crippen LogP contribution < -0.4 is 20.1 Å². The first-order valence-corrected chi connectivity index (χ1v) is 15.1. The highest BCUT2D eigenvalue weighted by molar-refractivity contribution is 6.32. The van der Waals surface area contributed by atoms with Gasteiger partial charge >= 0.3 is 6.01 Å². The molecular weight excluding hydrogens is 569 g/mol. The Labute approximate surface area is 246 Å². The first kappa shape index (κ1) is 26.6. The summed E-state index contributed by atoms with van der Waals surface area (Å²) >= 11 is 6.63. The fourth-order valence-corrected chi connectivity index (χ4v) is 8.03. The lowest BCUT2D eigenvalue weighted by Gasteiger charge is -2.49. The van der Waals surface area contributed by atoms with Gasteiger partial charge in [-0.1, -0.05) is 11.6 Å². The standard InChI is InChI=1S/C30H32ClF3N6O2/c1-39-26-22-25(37-28(38-26)42-13-29-5-2-6-40(29)12-17(33)11-29)23(34)24(36-27(22)41-14-30(39)9-16(32)10-30)19-7-18(35)8-20(31)21(19)15-3-4-15/h7-8,15-17H,2-6,9-14,35H2,1H3/t16?,17-,29+,30?/m1/s1. The van der Waals surface area contributed by atoms with E-state index in [1.165, 1.54) is 0 Å². The number of pyridine rings is 1. The number of hydrogen-bond acceptors (Lipinski definition) is 8. The molecule has 0 amide bonds. The molecule has 2 atom stereocenters. The zero-order chi connectivity index (χ0) is 29.0. The molecule has 42 heavy (non-hydrogen) atoms. The molecule has 3 aliphatic heterocycles. The Kier molecular flexibility index (Phi) is 5.83. The lowest BCUT2D eigenvalue weighted by molar-refractivity contribution is 0.0536. The molecule has 1 spiro atoms. The fourth-order valence-electron chi connectivity index (χ4n) is 7.64. The molecule has 0 bridgehead atoms. The normalized spacial score (nSPS) is 30.4. The monoisotopic (exact) mass is 600 g/mol. The number of nitrogen functional groups attached to an aromatic ring is 1. The molecule has 8 rings (SSSR count). The van der Waals surface area contributed by atoms with E-state index in [-0.39, 0.29) is 55.1 Å². The zero-order valence-electron chi connectivity index (χ0n) is 23.3. The van der Waals surface area contributed by atoms with Gasteiger partial charge in [-0.05, 0) is 55.8 Å². The van der Waals surface area contributed by atoms with Crippen molar-refractivity contribution in [1.29, 1.82) is 0 Å². The number of benzene rings is 1. The van der Waals surface area contributed by atoms with Gasteiger partial charge in [0.25, 0.3) is 0 Å². The van der Waals surface area contributed by atoms with E-state index < -0.39 is 29.2 Å². The van der Waals surface area contributed by atoms with Crippen molar-refractivity contribution in [3.63, 3.8) is 0 Å². The van der Waals surface area contributed by atoms with Crippen molar-refractivity contribution in [3.05, 3.63) is 28.5 Å². The molecule has 2 aromatic heterocycles. The summed E-state index contributed by atoms with van der Waals surface area (Å²) < 4.78 is 57.8. The highest BCUT2D eigenvalue weighted by Gasteiger charge is 2.52. The SMILES string of the molecule is CN1c2nc(OC[C@@]34CCCN3C[C@H](F)C4)nc3c(F)c(-c4cc(N)cc(Cl)c4C4CC4)nc(c23)OCC12CC(F)C2. The molecule has 1 aromatic carbocycles. The molecule has 222 valence electrons. The van der Waals surface area contributed by atoms with E-state index in [4.69, 9.17) is 31.8 Å². The number of likely N-dealkylation sites (N-methyl/N-ethyl adjacent to an activating group) is 1. The van der Waals surface area contributed by atoms with Crippen LogP contribution in [0.5, 0.6) is 11.9 Å². The quantitative estimate of drug-likeness (QED) is 0.379. The van der Waals surface area contributed by atoms with Gasteiger partial charge in [0.15, 0.2) is 5.82 Å². The van der Waals surface area contributed by atoms with Crippen LogP contribution in [0, 0.1) is 5.82 Å². The van der Waals surface area contributed by atoms with Crippen molar-refractivity contribution in [2.75, 3.05) is 44.0 Å². The van der Waals surface area contributed by atoms with Crippen molar-refractivity contribution < 1.29 is 22.6 Å². The predicted octanol–water partition coefficient (Wildman–Crippen LogP) is 5.60. The third kappa shape index (κ3) is 3.95. The molecule has 2 N–H and O–H groups in total. The number of anilines is 2. The summed E-state index contributed by atoms with van der Waals surface area (Å²) in [6, 6.07) is 3.35. The van der Waals surface area contributed by atoms with Crippen LogP contribution in [0.3, 0.4) is 0 Å². The minimum Gasteiger partial charge on any atom is -0.475 e. The summed E-state index contributed by atoms with van der Waals surface area (Å²) in [4.78, 5) is 18.0. The van der Waals surface area contributed by atoms with Crippen LogP contribution in [0.4, 0.5) is 24.7 Å². The van der Waals surface area contributed by atoms with Gasteiger partial charge in [-0.2, -0.15) is 9.97 Å². The maximum absolute atomic E-state index is 16.7. The number of ether oxygens (including phenoxy) is 2. The van der Waals surface area contributed by atoms with E-state index in [0.717, 1.165) is 37.8 Å². The van der Waals surface area contributed by atoms with Crippen molar-refractivity contribution in [2.45, 2.75) is 74.3 Å². The highest BCUT2D eigenvalue weighted by Crippen LogP contribution is 2.51. The first-order chi connectivity index (χ1) is 20.2. The van der Waals surface area contributed by atoms with Crippen LogP contribution in [-0.4, -0.2) is 76.6 Å². The summed E-state index contributed by atoms with van der Waals surface area (Å²) in [5.41, 5.74) is 6.80. The lowest BCUT2D eigenvalue weighted by Crippen LogP contribution is -2.60. The second kappa shape index (κ2) is 9.22. The topological polar surface area (TPSA) is 89.6 Å². The molecular formula is C30H32ClF3N6O2. The Morgan fingerprint density at radius 3 is 2.71 bits per heavy atom. The average molecular weight is 601 g/mol. The van der Waals surface area contributed by atoms with Gasteiger partial charge in [0.1, 0.15) is 48.0 Å². The predicted molar refractivity (Wildman–Crippen MR) is 153 cm³/mol. The molecule has 0 unspecified atom stereocenters. The van der Waals surface area contributed by atoms with Crippen LogP contribution in [0.15, 0.2) is 12.1 Å². The molecule has 2 saturated heterocycles. The molecule has 0 radical (unpaired) electrons. The van der Waals surface area contributed by atoms with Crippen molar-refractivity contribution in [1.82, 2.24) is 19.9 Å². The summed E-state index contributed by atoms with van der Waals surface area (Å²) in [5.74, 6) is 0.0676. The average Bonchev–Trinajstić information content (AvgIpc) is 3.63. The van der Waals surface area contributed by atoms with Crippen molar-refractivity contribution in [2.24, 2.45) is 0 Å². The lowest BCUT2D eigenvalue weighted by atomic mass is 9.74. The summed E-state index contributed by atoms with van der Waals surface area (Å²) in [5, 5.41) is 0.775. The Balaban J connectivity index is 1.29. The number of rotatable bonds is 5. The number of nitrogens with two attached hydrogens (primary N) is 1. The molecule has 12 heteroatoms. The number of nitrogens with zero attached hydrogens (tertiary/aromatic N) is 5. The largest absolute Gasteiger partial charge is 0.475 e. The third-order valence-electron chi connectivity index (χ3n) is 10.0. The highest BCUT2D eigenvalue weighted by atomic mass is 35.5. The molecule has 8 nitrogen and oxygen atoms in total. The van der Waals surface area contributed by atoms with Gasteiger partial charge in [0, 0.05) is 49.1 Å². The molecule has 4 fully saturated rings.